The van der Waals surface area contributed by atoms with E-state index in [0.717, 1.165) is 5.56 Å². The normalized spacial score (nSPS) is 19.5. The Balaban J connectivity index is 1.43. The maximum atomic E-state index is 13.7. The molecule has 1 atom stereocenters. The summed E-state index contributed by atoms with van der Waals surface area (Å²) in [5, 5.41) is 3.33. The first-order chi connectivity index (χ1) is 19.4. The molecule has 0 saturated carbocycles. The lowest BCUT2D eigenvalue weighted by Crippen LogP contribution is -2.43. The average Bonchev–Trinajstić information content (AvgIpc) is 3.43. The number of rotatable bonds is 9. The molecule has 5 rings (SSSR count). The van der Waals surface area contributed by atoms with Crippen molar-refractivity contribution < 1.29 is 23.4 Å². The van der Waals surface area contributed by atoms with E-state index < -0.39 is 17.7 Å². The van der Waals surface area contributed by atoms with Gasteiger partial charge in [0, 0.05) is 11.8 Å². The number of nitrogens with one attached hydrogen (secondary N) is 2. The number of anilines is 1. The summed E-state index contributed by atoms with van der Waals surface area (Å²) in [7, 11) is 0. The summed E-state index contributed by atoms with van der Waals surface area (Å²) in [6, 6.07) is 17.8. The van der Waals surface area contributed by atoms with Gasteiger partial charge in [-0.2, -0.15) is 0 Å². The average molecular weight is 544 g/mol. The van der Waals surface area contributed by atoms with Crippen LogP contribution in [-0.4, -0.2) is 45.7 Å². The number of esters is 1. The number of ether oxygens (including phenoxy) is 3. The number of hydrogen-bond donors (Lipinski definition) is 2. The zero-order chi connectivity index (χ0) is 28.1. The third-order valence-electron chi connectivity index (χ3n) is 6.55. The Labute approximate surface area is 231 Å². The second-order valence-electron chi connectivity index (χ2n) is 9.80. The number of halogens is 1. The van der Waals surface area contributed by atoms with Gasteiger partial charge in [-0.3, -0.25) is 4.79 Å². The zero-order valence-electron chi connectivity index (χ0n) is 22.3. The third kappa shape index (κ3) is 5.93. The van der Waals surface area contributed by atoms with E-state index in [-0.39, 0.29) is 31.7 Å². The van der Waals surface area contributed by atoms with Gasteiger partial charge in [0.05, 0.1) is 36.3 Å². The largest absolute Gasteiger partial charge is 0.461 e. The van der Waals surface area contributed by atoms with Gasteiger partial charge >= 0.3 is 5.97 Å². The molecule has 40 heavy (non-hydrogen) atoms. The van der Waals surface area contributed by atoms with E-state index in [0.29, 0.717) is 34.4 Å². The fourth-order valence-electron chi connectivity index (χ4n) is 4.28. The molecule has 10 heteroatoms. The van der Waals surface area contributed by atoms with Crippen molar-refractivity contribution in [3.05, 3.63) is 96.7 Å². The summed E-state index contributed by atoms with van der Waals surface area (Å²) in [4.78, 5) is 29.6. The van der Waals surface area contributed by atoms with Gasteiger partial charge in [-0.25, -0.2) is 19.3 Å². The molecular weight excluding hydrogens is 513 g/mol. The van der Waals surface area contributed by atoms with Gasteiger partial charge < -0.3 is 24.5 Å². The van der Waals surface area contributed by atoms with Crippen molar-refractivity contribution in [2.75, 3.05) is 25.1 Å². The minimum absolute atomic E-state index is 0.0261. The molecule has 0 radical (unpaired) electrons. The molecule has 1 saturated heterocycles. The Morgan fingerprint density at radius 1 is 1.18 bits per heavy atom. The van der Waals surface area contributed by atoms with Crippen LogP contribution >= 0.6 is 0 Å². The maximum Gasteiger partial charge on any atom is 0.316 e. The maximum absolute atomic E-state index is 13.7. The molecule has 3 heterocycles. The number of nitrogens with zero attached hydrogens (tertiary/aromatic N) is 3. The molecule has 0 aliphatic carbocycles. The van der Waals surface area contributed by atoms with E-state index >= 15 is 0 Å². The highest BCUT2D eigenvalue weighted by Gasteiger charge is 2.42. The Hall–Kier alpha value is -4.41. The number of aromatic nitrogens is 4. The Morgan fingerprint density at radius 2 is 1.90 bits per heavy atom. The standard InChI is InChI=1S/C30H30FN5O4/c1-4-16-38-28(37)30(3)17-39-27(40-18-30)26-35-24(21-10-12-22(31)13-11-21)25(36-26)23-14-15-32-29(34-23)33-19(2)20-8-6-5-7-9-20/h4-15,19,27H,1,16-18H2,2-3H3,(H,35,36)(H,32,33,34). The summed E-state index contributed by atoms with van der Waals surface area (Å²) in [5.41, 5.74) is 2.52. The van der Waals surface area contributed by atoms with Crippen molar-refractivity contribution in [2.45, 2.75) is 26.2 Å². The number of aromatic amines is 1. The van der Waals surface area contributed by atoms with Crippen LogP contribution < -0.4 is 5.32 Å². The van der Waals surface area contributed by atoms with Crippen molar-refractivity contribution in [1.82, 2.24) is 19.9 Å². The second-order valence-corrected chi connectivity index (χ2v) is 9.80. The lowest BCUT2D eigenvalue weighted by atomic mass is 9.92. The summed E-state index contributed by atoms with van der Waals surface area (Å²) in [6.07, 6.45) is 2.31. The summed E-state index contributed by atoms with van der Waals surface area (Å²) in [6.45, 7) is 7.58. The Bertz CT molecular complexity index is 1470. The quantitative estimate of drug-likeness (QED) is 0.207. The first-order valence-electron chi connectivity index (χ1n) is 12.9. The lowest BCUT2D eigenvalue weighted by molar-refractivity contribution is -0.238. The molecule has 4 aromatic rings. The smallest absolute Gasteiger partial charge is 0.316 e. The molecule has 2 aromatic carbocycles. The molecule has 0 bridgehead atoms. The molecule has 1 aliphatic rings. The van der Waals surface area contributed by atoms with Crippen molar-refractivity contribution in [3.8, 4) is 22.6 Å². The molecule has 2 N–H and O–H groups in total. The van der Waals surface area contributed by atoms with Gasteiger partial charge in [0.1, 0.15) is 17.8 Å². The molecule has 206 valence electrons. The predicted octanol–water partition coefficient (Wildman–Crippen LogP) is 5.63. The molecule has 0 spiro atoms. The highest BCUT2D eigenvalue weighted by molar-refractivity contribution is 5.78. The van der Waals surface area contributed by atoms with E-state index in [9.17, 15) is 9.18 Å². The molecule has 1 aliphatic heterocycles. The Morgan fingerprint density at radius 3 is 2.60 bits per heavy atom. The van der Waals surface area contributed by atoms with Crippen LogP contribution in [0.4, 0.5) is 10.3 Å². The summed E-state index contributed by atoms with van der Waals surface area (Å²) < 4.78 is 30.7. The minimum atomic E-state index is -0.961. The van der Waals surface area contributed by atoms with Crippen LogP contribution in [0.15, 0.2) is 79.5 Å². The van der Waals surface area contributed by atoms with Crippen molar-refractivity contribution in [3.63, 3.8) is 0 Å². The van der Waals surface area contributed by atoms with Crippen LogP contribution in [-0.2, 0) is 19.0 Å². The van der Waals surface area contributed by atoms with E-state index in [2.05, 4.69) is 21.9 Å². The van der Waals surface area contributed by atoms with Crippen molar-refractivity contribution in [1.29, 1.82) is 0 Å². The molecule has 1 unspecified atom stereocenters. The number of imidazole rings is 1. The van der Waals surface area contributed by atoms with E-state index in [4.69, 9.17) is 24.2 Å². The molecular formula is C30H30FN5O4. The van der Waals surface area contributed by atoms with Gasteiger partial charge in [0.15, 0.2) is 5.82 Å². The van der Waals surface area contributed by atoms with Crippen LogP contribution in [0.3, 0.4) is 0 Å². The number of H-pyrrole nitrogens is 1. The van der Waals surface area contributed by atoms with Crippen LogP contribution in [0.1, 0.15) is 37.6 Å². The van der Waals surface area contributed by atoms with Gasteiger partial charge in [-0.15, -0.1) is 0 Å². The fraction of sp³-hybridized carbons (Fsp3) is 0.267. The summed E-state index contributed by atoms with van der Waals surface area (Å²) >= 11 is 0. The summed E-state index contributed by atoms with van der Waals surface area (Å²) in [5.74, 6) is 0.0467. The van der Waals surface area contributed by atoms with E-state index in [1.54, 1.807) is 31.3 Å². The van der Waals surface area contributed by atoms with E-state index in [1.807, 2.05) is 37.3 Å². The van der Waals surface area contributed by atoms with Crippen LogP contribution in [0, 0.1) is 11.2 Å². The SMILES string of the molecule is C=CCOC(=O)C1(C)COC(c2nc(-c3ccc(F)cc3)c(-c3ccnc(NC(C)c4ccccc4)n3)[nH]2)OC1. The first kappa shape index (κ1) is 27.2. The second kappa shape index (κ2) is 11.8. The highest BCUT2D eigenvalue weighted by atomic mass is 19.1. The molecule has 2 aromatic heterocycles. The van der Waals surface area contributed by atoms with Gasteiger partial charge in [-0.05, 0) is 49.7 Å². The fourth-order valence-corrected chi connectivity index (χ4v) is 4.28. The first-order valence-corrected chi connectivity index (χ1v) is 12.9. The lowest BCUT2D eigenvalue weighted by Gasteiger charge is -2.34. The van der Waals surface area contributed by atoms with Crippen molar-refractivity contribution >= 4 is 11.9 Å². The Kier molecular flexibility index (Phi) is 7.99. The number of hydrogen-bond acceptors (Lipinski definition) is 8. The number of carbonyl (C=O) groups is 1. The van der Waals surface area contributed by atoms with E-state index in [1.165, 1.54) is 18.2 Å². The van der Waals surface area contributed by atoms with Gasteiger partial charge in [0.2, 0.25) is 12.2 Å². The molecule has 0 amide bonds. The highest BCUT2D eigenvalue weighted by Crippen LogP contribution is 2.36. The predicted molar refractivity (Wildman–Crippen MR) is 147 cm³/mol. The third-order valence-corrected chi connectivity index (χ3v) is 6.55. The number of benzene rings is 2. The molecule has 1 fully saturated rings. The zero-order valence-corrected chi connectivity index (χ0v) is 22.3. The minimum Gasteiger partial charge on any atom is -0.461 e. The van der Waals surface area contributed by atoms with Crippen LogP contribution in [0.25, 0.3) is 22.6 Å². The topological polar surface area (TPSA) is 111 Å². The molecule has 9 nitrogen and oxygen atoms in total. The number of carbonyl (C=O) groups excluding carboxylic acids is 1. The monoisotopic (exact) mass is 543 g/mol. The van der Waals surface area contributed by atoms with Crippen LogP contribution in [0.5, 0.6) is 0 Å². The van der Waals surface area contributed by atoms with Crippen LogP contribution in [0.2, 0.25) is 0 Å². The van der Waals surface area contributed by atoms with Gasteiger partial charge in [-0.1, -0.05) is 43.0 Å². The van der Waals surface area contributed by atoms with Gasteiger partial charge in [0.25, 0.3) is 0 Å². The van der Waals surface area contributed by atoms with Crippen molar-refractivity contribution in [2.24, 2.45) is 5.41 Å².